The van der Waals surface area contributed by atoms with Gasteiger partial charge in [-0.05, 0) is 56.1 Å². The Kier molecular flexibility index (Phi) is 5.63. The van der Waals surface area contributed by atoms with Gasteiger partial charge in [0.25, 0.3) is 0 Å². The number of ketones is 1. The number of benzene rings is 2. The smallest absolute Gasteiger partial charge is 0.308 e. The molecule has 0 spiro atoms. The highest BCUT2D eigenvalue weighted by Crippen LogP contribution is 2.50. The van der Waals surface area contributed by atoms with Crippen LogP contribution in [0.25, 0.3) is 0 Å². The van der Waals surface area contributed by atoms with E-state index in [0.717, 1.165) is 0 Å². The lowest BCUT2D eigenvalue weighted by molar-refractivity contribution is -0.197. The van der Waals surface area contributed by atoms with Gasteiger partial charge in [0.15, 0.2) is 6.79 Å². The van der Waals surface area contributed by atoms with Gasteiger partial charge in [-0.3, -0.25) is 4.79 Å². The van der Waals surface area contributed by atoms with Crippen LogP contribution in [0.15, 0.2) is 42.2 Å². The van der Waals surface area contributed by atoms with Gasteiger partial charge >= 0.3 is 5.79 Å². The van der Waals surface area contributed by atoms with Crippen molar-refractivity contribution in [2.45, 2.75) is 5.79 Å². The van der Waals surface area contributed by atoms with E-state index in [2.05, 4.69) is 63.7 Å². The van der Waals surface area contributed by atoms with E-state index in [9.17, 15) is 9.90 Å². The molecule has 0 amide bonds. The van der Waals surface area contributed by atoms with Gasteiger partial charge in [-0.15, -0.1) is 0 Å². The summed E-state index contributed by atoms with van der Waals surface area (Å²) in [5.74, 6) is -2.13. The Morgan fingerprint density at radius 1 is 1.08 bits per heavy atom. The fourth-order valence-electron chi connectivity index (χ4n) is 2.51. The Labute approximate surface area is 177 Å². The van der Waals surface area contributed by atoms with E-state index < -0.39 is 11.6 Å². The van der Waals surface area contributed by atoms with Gasteiger partial charge in [0, 0.05) is 16.1 Å². The summed E-state index contributed by atoms with van der Waals surface area (Å²) in [6.45, 7) is -0.206. The van der Waals surface area contributed by atoms with Crippen LogP contribution in [0, 0.1) is 0 Å². The molecule has 9 heteroatoms. The number of halogens is 4. The van der Waals surface area contributed by atoms with E-state index in [0.29, 0.717) is 29.2 Å². The van der Waals surface area contributed by atoms with Crippen molar-refractivity contribution in [3.8, 4) is 11.5 Å². The van der Waals surface area contributed by atoms with Gasteiger partial charge in [0.05, 0.1) is 20.1 Å². The van der Waals surface area contributed by atoms with Crippen LogP contribution in [0.1, 0.15) is 15.9 Å². The summed E-state index contributed by atoms with van der Waals surface area (Å²) in [5, 5.41) is 10.5. The first kappa shape index (κ1) is 19.3. The summed E-state index contributed by atoms with van der Waals surface area (Å²) in [7, 11) is 1.43. The second-order valence-electron chi connectivity index (χ2n) is 5.15. The van der Waals surface area contributed by atoms with Gasteiger partial charge in [-0.1, -0.05) is 31.9 Å². The standard InChI is InChI=1S/C16H10Br4O5/c1-23-6-24-16(10-3-8(18)4-11(19)13(10)21)15(22)9-2-7(17)5-12(20)14(9)25-16/h2-5,21H,6H2,1H3. The predicted octanol–water partition coefficient (Wildman–Crippen LogP) is 5.49. The molecule has 132 valence electrons. The maximum atomic E-state index is 13.2. The maximum absolute atomic E-state index is 13.2. The monoisotopic (exact) mass is 598 g/mol. The fraction of sp³-hybridized carbons (Fsp3) is 0.188. The summed E-state index contributed by atoms with van der Waals surface area (Å²) in [5.41, 5.74) is 0.489. The first-order valence-electron chi connectivity index (χ1n) is 6.84. The molecule has 5 nitrogen and oxygen atoms in total. The molecule has 0 saturated carbocycles. The predicted molar refractivity (Wildman–Crippen MR) is 105 cm³/mol. The number of rotatable bonds is 4. The summed E-state index contributed by atoms with van der Waals surface area (Å²) >= 11 is 13.4. The molecule has 0 aromatic heterocycles. The number of fused-ring (bicyclic) bond motifs is 1. The topological polar surface area (TPSA) is 65.0 Å². The molecule has 1 atom stereocenters. The number of carbonyl (C=O) groups is 1. The van der Waals surface area contributed by atoms with Crippen LogP contribution >= 0.6 is 63.7 Å². The molecule has 2 aromatic carbocycles. The van der Waals surface area contributed by atoms with Crippen LogP contribution < -0.4 is 4.74 Å². The first-order valence-corrected chi connectivity index (χ1v) is 10.0. The number of carbonyl (C=O) groups excluding carboxylic acids is 1. The van der Waals surface area contributed by atoms with E-state index in [-0.39, 0.29) is 18.1 Å². The second-order valence-corrected chi connectivity index (χ2v) is 8.69. The van der Waals surface area contributed by atoms with Crippen LogP contribution in [0.3, 0.4) is 0 Å². The third kappa shape index (κ3) is 3.30. The third-order valence-corrected chi connectivity index (χ3v) is 5.67. The Morgan fingerprint density at radius 2 is 1.72 bits per heavy atom. The van der Waals surface area contributed by atoms with Crippen molar-refractivity contribution in [1.29, 1.82) is 0 Å². The van der Waals surface area contributed by atoms with Crippen molar-refractivity contribution in [1.82, 2.24) is 0 Å². The highest BCUT2D eigenvalue weighted by atomic mass is 79.9. The summed E-state index contributed by atoms with van der Waals surface area (Å²) in [6.07, 6.45) is 0. The number of aromatic hydroxyl groups is 1. The minimum absolute atomic E-state index is 0.157. The average molecular weight is 602 g/mol. The molecule has 1 aliphatic heterocycles. The average Bonchev–Trinajstić information content (AvgIpc) is 2.83. The minimum atomic E-state index is -1.86. The first-order chi connectivity index (χ1) is 11.8. The number of phenolic OH excluding ortho intramolecular Hbond substituents is 1. The van der Waals surface area contributed by atoms with Crippen molar-refractivity contribution in [2.75, 3.05) is 13.9 Å². The number of phenols is 1. The summed E-state index contributed by atoms with van der Waals surface area (Å²) in [4.78, 5) is 13.2. The molecule has 0 saturated heterocycles. The zero-order valence-corrected chi connectivity index (χ0v) is 19.0. The molecule has 3 rings (SSSR count). The van der Waals surface area contributed by atoms with Crippen molar-refractivity contribution < 1.29 is 24.1 Å². The molecular formula is C16H10Br4O5. The number of hydrogen-bond acceptors (Lipinski definition) is 5. The third-order valence-electron chi connectivity index (χ3n) is 3.56. The fourth-order valence-corrected chi connectivity index (χ4v) is 5.04. The molecular weight excluding hydrogens is 592 g/mol. The van der Waals surface area contributed by atoms with Gasteiger partial charge < -0.3 is 19.3 Å². The van der Waals surface area contributed by atoms with Crippen LogP contribution in [-0.2, 0) is 15.3 Å². The lowest BCUT2D eigenvalue weighted by Gasteiger charge is -2.28. The van der Waals surface area contributed by atoms with E-state index in [1.807, 2.05) is 0 Å². The number of hydrogen-bond donors (Lipinski definition) is 1. The number of Topliss-reactive ketones (excluding diaryl/α,β-unsaturated/α-hetero) is 1. The molecule has 0 fully saturated rings. The van der Waals surface area contributed by atoms with Gasteiger partial charge in [-0.2, -0.15) is 0 Å². The molecule has 0 radical (unpaired) electrons. The molecule has 1 heterocycles. The highest BCUT2D eigenvalue weighted by molar-refractivity contribution is 9.11. The minimum Gasteiger partial charge on any atom is -0.506 e. The number of methoxy groups -OCH3 is 1. The molecule has 0 bridgehead atoms. The lowest BCUT2D eigenvalue weighted by Crippen LogP contribution is -2.41. The molecule has 0 aliphatic carbocycles. The lowest BCUT2D eigenvalue weighted by atomic mass is 9.97. The Morgan fingerprint density at radius 3 is 2.40 bits per heavy atom. The van der Waals surface area contributed by atoms with Gasteiger partial charge in [0.2, 0.25) is 5.78 Å². The van der Waals surface area contributed by atoms with Crippen molar-refractivity contribution in [3.63, 3.8) is 0 Å². The molecule has 2 aromatic rings. The summed E-state index contributed by atoms with van der Waals surface area (Å²) in [6, 6.07) is 6.63. The Bertz CT molecular complexity index is 870. The largest absolute Gasteiger partial charge is 0.506 e. The molecule has 1 N–H and O–H groups in total. The van der Waals surface area contributed by atoms with Crippen molar-refractivity contribution in [3.05, 3.63) is 53.3 Å². The molecule has 25 heavy (non-hydrogen) atoms. The van der Waals surface area contributed by atoms with Crippen molar-refractivity contribution in [2.24, 2.45) is 0 Å². The number of ether oxygens (including phenoxy) is 3. The zero-order valence-electron chi connectivity index (χ0n) is 12.6. The zero-order chi connectivity index (χ0) is 18.4. The van der Waals surface area contributed by atoms with Crippen LogP contribution in [0.4, 0.5) is 0 Å². The summed E-state index contributed by atoms with van der Waals surface area (Å²) < 4.78 is 18.9. The normalized spacial score (nSPS) is 19.0. The van der Waals surface area contributed by atoms with Crippen LogP contribution in [0.2, 0.25) is 0 Å². The second kappa shape index (κ2) is 7.28. The SMILES string of the molecule is COCOC1(c2cc(Br)cc(Br)c2O)Oc2c(Br)cc(Br)cc2C1=O. The maximum Gasteiger partial charge on any atom is 0.308 e. The van der Waals surface area contributed by atoms with E-state index >= 15 is 0 Å². The highest BCUT2D eigenvalue weighted by Gasteiger charge is 2.54. The molecule has 1 aliphatic rings. The Hall–Kier alpha value is -0.450. The van der Waals surface area contributed by atoms with Crippen LogP contribution in [-0.4, -0.2) is 24.8 Å². The molecule has 1 unspecified atom stereocenters. The van der Waals surface area contributed by atoms with E-state index in [1.54, 1.807) is 24.3 Å². The van der Waals surface area contributed by atoms with E-state index in [1.165, 1.54) is 7.11 Å². The quantitative estimate of drug-likeness (QED) is 0.470. The van der Waals surface area contributed by atoms with Gasteiger partial charge in [0.1, 0.15) is 11.5 Å². The van der Waals surface area contributed by atoms with Crippen LogP contribution in [0.5, 0.6) is 11.5 Å². The van der Waals surface area contributed by atoms with E-state index in [4.69, 9.17) is 14.2 Å². The Balaban J connectivity index is 2.24. The van der Waals surface area contributed by atoms with Gasteiger partial charge in [-0.25, -0.2) is 0 Å². The van der Waals surface area contributed by atoms with Crippen molar-refractivity contribution >= 4 is 69.5 Å².